The van der Waals surface area contributed by atoms with Crippen LogP contribution in [-0.4, -0.2) is 63.8 Å². The Balaban J connectivity index is 1.44. The van der Waals surface area contributed by atoms with Crippen LogP contribution in [0.5, 0.6) is 0 Å². The summed E-state index contributed by atoms with van der Waals surface area (Å²) >= 11 is 1.68. The molecule has 2 fully saturated rings. The van der Waals surface area contributed by atoms with Gasteiger partial charge >= 0.3 is 0 Å². The molecule has 3 aromatic heterocycles. The van der Waals surface area contributed by atoms with Crippen molar-refractivity contribution in [2.45, 2.75) is 38.1 Å². The molecule has 1 aliphatic carbocycles. The molecule has 3 aromatic rings. The van der Waals surface area contributed by atoms with E-state index >= 15 is 0 Å². The van der Waals surface area contributed by atoms with Gasteiger partial charge in [-0.15, -0.1) is 11.3 Å². The van der Waals surface area contributed by atoms with Crippen molar-refractivity contribution >= 4 is 28.3 Å². The van der Waals surface area contributed by atoms with Gasteiger partial charge in [-0.25, -0.2) is 15.0 Å². The molecule has 4 heterocycles. The van der Waals surface area contributed by atoms with Crippen LogP contribution in [0.25, 0.3) is 21.9 Å². The monoisotopic (exact) mass is 412 g/mol. The van der Waals surface area contributed by atoms with E-state index < -0.39 is 0 Å². The average molecular weight is 413 g/mol. The molecule has 1 N–H and O–H groups in total. The minimum atomic E-state index is 0.501. The number of fused-ring (bicyclic) bond motifs is 1. The summed E-state index contributed by atoms with van der Waals surface area (Å²) in [6, 6.07) is 4.64. The molecule has 0 spiro atoms. The van der Waals surface area contributed by atoms with Crippen molar-refractivity contribution in [3.63, 3.8) is 0 Å². The third kappa shape index (κ3) is 4.15. The molecular weight excluding hydrogens is 384 g/mol. The molecule has 8 heteroatoms. The number of nitrogens with zero attached hydrogens (tertiary/aromatic N) is 5. The van der Waals surface area contributed by atoms with Crippen molar-refractivity contribution < 1.29 is 4.74 Å². The summed E-state index contributed by atoms with van der Waals surface area (Å²) in [7, 11) is 0. The molecule has 0 amide bonds. The molecule has 0 radical (unpaired) electrons. The third-order valence-electron chi connectivity index (χ3n) is 5.96. The zero-order valence-corrected chi connectivity index (χ0v) is 17.5. The summed E-state index contributed by atoms with van der Waals surface area (Å²) in [5.41, 5.74) is 1.85. The van der Waals surface area contributed by atoms with E-state index in [4.69, 9.17) is 19.7 Å². The minimum Gasteiger partial charge on any atom is -0.379 e. The zero-order valence-electron chi connectivity index (χ0n) is 16.7. The number of rotatable bonds is 6. The molecule has 7 nitrogen and oxygen atoms in total. The highest BCUT2D eigenvalue weighted by atomic mass is 32.1. The van der Waals surface area contributed by atoms with Crippen molar-refractivity contribution in [2.75, 3.05) is 44.7 Å². The van der Waals surface area contributed by atoms with Crippen molar-refractivity contribution in [1.82, 2.24) is 24.4 Å². The Bertz CT molecular complexity index is 928. The summed E-state index contributed by atoms with van der Waals surface area (Å²) in [6.07, 6.45) is 8.32. The lowest BCUT2D eigenvalue weighted by Crippen LogP contribution is -2.39. The van der Waals surface area contributed by atoms with E-state index in [-0.39, 0.29) is 0 Å². The second-order valence-corrected chi connectivity index (χ2v) is 8.82. The lowest BCUT2D eigenvalue weighted by molar-refractivity contribution is 0.0398. The van der Waals surface area contributed by atoms with Crippen LogP contribution in [0.2, 0.25) is 0 Å². The number of ether oxygens (including phenoxy) is 1. The Morgan fingerprint density at radius 3 is 2.79 bits per heavy atom. The molecule has 0 bridgehead atoms. The normalized spacial score (nSPS) is 19.0. The fraction of sp³-hybridized carbons (Fsp3) is 0.571. The summed E-state index contributed by atoms with van der Waals surface area (Å²) < 4.78 is 7.74. The van der Waals surface area contributed by atoms with E-state index in [9.17, 15) is 0 Å². The molecule has 0 aromatic carbocycles. The highest BCUT2D eigenvalue weighted by Crippen LogP contribution is 2.33. The van der Waals surface area contributed by atoms with E-state index in [1.54, 1.807) is 11.3 Å². The number of morpholine rings is 1. The van der Waals surface area contributed by atoms with Gasteiger partial charge in [-0.2, -0.15) is 0 Å². The number of hydrogen-bond donors (Lipinski definition) is 1. The average Bonchev–Trinajstić information content (AvgIpc) is 3.45. The van der Waals surface area contributed by atoms with Crippen molar-refractivity contribution in [3.8, 4) is 10.7 Å². The molecular formula is C21H28N6OS. The Morgan fingerprint density at radius 1 is 1.14 bits per heavy atom. The molecule has 1 saturated carbocycles. The van der Waals surface area contributed by atoms with Crippen LogP contribution in [0.15, 0.2) is 23.8 Å². The first kappa shape index (κ1) is 19.0. The smallest absolute Gasteiger partial charge is 0.173 e. The first-order valence-corrected chi connectivity index (χ1v) is 11.6. The van der Waals surface area contributed by atoms with Gasteiger partial charge in [-0.05, 0) is 24.3 Å². The van der Waals surface area contributed by atoms with Crippen LogP contribution in [-0.2, 0) is 4.74 Å². The van der Waals surface area contributed by atoms with Gasteiger partial charge in [-0.1, -0.05) is 25.3 Å². The number of aromatic nitrogens is 4. The number of nitrogens with one attached hydrogen (secondary N) is 1. The van der Waals surface area contributed by atoms with Gasteiger partial charge in [-0.3, -0.25) is 4.90 Å². The second-order valence-electron chi connectivity index (χ2n) is 7.87. The first-order chi connectivity index (χ1) is 14.4. The minimum absolute atomic E-state index is 0.501. The Hall–Kier alpha value is -2.03. The topological polar surface area (TPSA) is 68.1 Å². The summed E-state index contributed by atoms with van der Waals surface area (Å²) in [5.74, 6) is 1.64. The van der Waals surface area contributed by atoms with Crippen LogP contribution in [0, 0.1) is 0 Å². The quantitative estimate of drug-likeness (QED) is 0.664. The molecule has 5 rings (SSSR count). The highest BCUT2D eigenvalue weighted by molar-refractivity contribution is 7.13. The van der Waals surface area contributed by atoms with Gasteiger partial charge in [0, 0.05) is 32.2 Å². The zero-order chi connectivity index (χ0) is 19.5. The van der Waals surface area contributed by atoms with Crippen LogP contribution >= 0.6 is 11.3 Å². The SMILES string of the molecule is c1csc(-c2nc(NCCN3CCOCC3)c3ncn(C4CCCCC4)c3n2)c1. The van der Waals surface area contributed by atoms with E-state index in [1.807, 2.05) is 6.33 Å². The van der Waals surface area contributed by atoms with Gasteiger partial charge in [0.15, 0.2) is 17.3 Å². The number of thiophene rings is 1. The number of anilines is 1. The van der Waals surface area contributed by atoms with Gasteiger partial charge in [0.25, 0.3) is 0 Å². The van der Waals surface area contributed by atoms with Crippen molar-refractivity contribution in [3.05, 3.63) is 23.8 Å². The Labute approximate surface area is 175 Å². The van der Waals surface area contributed by atoms with E-state index in [1.165, 1.54) is 32.1 Å². The summed E-state index contributed by atoms with van der Waals surface area (Å²) in [4.78, 5) is 18.0. The van der Waals surface area contributed by atoms with Crippen molar-refractivity contribution in [1.29, 1.82) is 0 Å². The summed E-state index contributed by atoms with van der Waals surface area (Å²) in [6.45, 7) is 5.46. The predicted molar refractivity (Wildman–Crippen MR) is 117 cm³/mol. The Morgan fingerprint density at radius 2 is 2.00 bits per heavy atom. The molecule has 0 atom stereocenters. The molecule has 29 heavy (non-hydrogen) atoms. The molecule has 1 aliphatic heterocycles. The van der Waals surface area contributed by atoms with Gasteiger partial charge in [0.05, 0.1) is 24.4 Å². The predicted octanol–water partition coefficient (Wildman–Crippen LogP) is 3.80. The first-order valence-electron chi connectivity index (χ1n) is 10.7. The lowest BCUT2D eigenvalue weighted by atomic mass is 9.95. The Kier molecular flexibility index (Phi) is 5.73. The molecule has 154 valence electrons. The number of imidazole rings is 1. The van der Waals surface area contributed by atoms with Crippen LogP contribution < -0.4 is 5.32 Å². The molecule has 1 saturated heterocycles. The third-order valence-corrected chi connectivity index (χ3v) is 6.82. The largest absolute Gasteiger partial charge is 0.379 e. The van der Waals surface area contributed by atoms with Gasteiger partial charge in [0.2, 0.25) is 0 Å². The van der Waals surface area contributed by atoms with Crippen LogP contribution in [0.4, 0.5) is 5.82 Å². The van der Waals surface area contributed by atoms with Gasteiger partial charge in [0.1, 0.15) is 5.52 Å². The van der Waals surface area contributed by atoms with E-state index in [2.05, 4.69) is 32.3 Å². The van der Waals surface area contributed by atoms with Crippen LogP contribution in [0.3, 0.4) is 0 Å². The molecule has 0 unspecified atom stereocenters. The van der Waals surface area contributed by atoms with Crippen LogP contribution in [0.1, 0.15) is 38.1 Å². The fourth-order valence-electron chi connectivity index (χ4n) is 4.34. The maximum Gasteiger partial charge on any atom is 0.173 e. The number of hydrogen-bond acceptors (Lipinski definition) is 7. The lowest BCUT2D eigenvalue weighted by Gasteiger charge is -2.26. The molecule has 2 aliphatic rings. The second kappa shape index (κ2) is 8.77. The van der Waals surface area contributed by atoms with E-state index in [0.717, 1.165) is 67.1 Å². The highest BCUT2D eigenvalue weighted by Gasteiger charge is 2.21. The van der Waals surface area contributed by atoms with E-state index in [0.29, 0.717) is 6.04 Å². The van der Waals surface area contributed by atoms with Gasteiger partial charge < -0.3 is 14.6 Å². The standard InChI is InChI=1S/C21H28N6OS/c1-2-5-16(6-3-1)27-15-23-18-20(22-8-9-26-10-12-28-13-11-26)24-19(25-21(18)27)17-7-4-14-29-17/h4,7,14-16H,1-3,5-6,8-13H2,(H,22,24,25). The van der Waals surface area contributed by atoms with Crippen molar-refractivity contribution in [2.24, 2.45) is 0 Å². The summed E-state index contributed by atoms with van der Waals surface area (Å²) in [5, 5.41) is 5.63. The fourth-order valence-corrected chi connectivity index (χ4v) is 5.00. The maximum atomic E-state index is 5.45. The maximum absolute atomic E-state index is 5.45.